The third-order valence-corrected chi connectivity index (χ3v) is 7.33. The van der Waals surface area contributed by atoms with Crippen molar-refractivity contribution in [3.63, 3.8) is 0 Å². The molecule has 1 saturated heterocycles. The van der Waals surface area contributed by atoms with Crippen molar-refractivity contribution in [2.45, 2.75) is 64.1 Å². The summed E-state index contributed by atoms with van der Waals surface area (Å²) in [6, 6.07) is 16.6. The summed E-state index contributed by atoms with van der Waals surface area (Å²) in [5.41, 5.74) is 3.17. The van der Waals surface area contributed by atoms with E-state index in [1.54, 1.807) is 0 Å². The molecule has 5 heteroatoms. The molecule has 2 fully saturated rings. The van der Waals surface area contributed by atoms with Gasteiger partial charge in [0.2, 0.25) is 0 Å². The van der Waals surface area contributed by atoms with Crippen molar-refractivity contribution in [2.24, 2.45) is 5.92 Å². The summed E-state index contributed by atoms with van der Waals surface area (Å²) in [5, 5.41) is 0. The zero-order valence-electron chi connectivity index (χ0n) is 18.8. The molecule has 2 aliphatic rings. The van der Waals surface area contributed by atoms with E-state index in [1.165, 1.54) is 7.11 Å². The molecule has 0 aromatic heterocycles. The number of methoxy groups -OCH3 is 1. The van der Waals surface area contributed by atoms with E-state index in [-0.39, 0.29) is 24.3 Å². The molecule has 1 unspecified atom stereocenters. The predicted molar refractivity (Wildman–Crippen MR) is 120 cm³/mol. The molecular formula is C25H31BO4. The fourth-order valence-corrected chi connectivity index (χ4v) is 4.49. The first kappa shape index (κ1) is 21.1. The van der Waals surface area contributed by atoms with Gasteiger partial charge in [0.1, 0.15) is 0 Å². The van der Waals surface area contributed by atoms with Crippen LogP contribution in [-0.4, -0.2) is 31.4 Å². The molecule has 158 valence electrons. The van der Waals surface area contributed by atoms with Gasteiger partial charge in [0.15, 0.2) is 0 Å². The topological polar surface area (TPSA) is 44.8 Å². The molecule has 0 N–H and O–H groups in total. The Morgan fingerprint density at radius 1 is 0.933 bits per heavy atom. The number of hydrogen-bond donors (Lipinski definition) is 0. The van der Waals surface area contributed by atoms with E-state index in [1.807, 2.05) is 12.1 Å². The summed E-state index contributed by atoms with van der Waals surface area (Å²) in [6.45, 7) is 10.7. The molecular weight excluding hydrogens is 375 g/mol. The molecule has 2 aromatic rings. The molecule has 1 atom stereocenters. The number of carbonyl (C=O) groups is 1. The van der Waals surface area contributed by atoms with Gasteiger partial charge in [0, 0.05) is 0 Å². The lowest BCUT2D eigenvalue weighted by Crippen LogP contribution is -2.48. The number of benzene rings is 2. The first-order chi connectivity index (χ1) is 14.1. The van der Waals surface area contributed by atoms with Gasteiger partial charge in [-0.05, 0) is 61.7 Å². The number of esters is 1. The Morgan fingerprint density at radius 2 is 1.47 bits per heavy atom. The Hall–Kier alpha value is -2.11. The largest absolute Gasteiger partial charge is 0.494 e. The molecule has 0 bridgehead atoms. The maximum absolute atomic E-state index is 12.1. The van der Waals surface area contributed by atoms with Crippen molar-refractivity contribution < 1.29 is 18.8 Å². The second-order valence-corrected chi connectivity index (χ2v) is 9.61. The quantitative estimate of drug-likeness (QED) is 0.542. The van der Waals surface area contributed by atoms with E-state index < -0.39 is 5.41 Å². The Kier molecular flexibility index (Phi) is 5.10. The standard InChI is InChI=1S/C25H31BO4/c1-17(2)24(5)23(3,4)29-26(30-24)21-13-9-19(10-14-21)18-7-11-20(12-8-18)25(15-16-25)22(27)28-6/h7-14,17H,15-16H2,1-6H3. The van der Waals surface area contributed by atoms with Gasteiger partial charge in [-0.25, -0.2) is 0 Å². The molecule has 1 aliphatic carbocycles. The first-order valence-corrected chi connectivity index (χ1v) is 10.8. The summed E-state index contributed by atoms with van der Waals surface area (Å²) in [4.78, 5) is 12.1. The molecule has 4 nitrogen and oxygen atoms in total. The summed E-state index contributed by atoms with van der Waals surface area (Å²) in [5.74, 6) is 0.211. The van der Waals surface area contributed by atoms with E-state index in [4.69, 9.17) is 14.0 Å². The van der Waals surface area contributed by atoms with Crippen molar-refractivity contribution in [3.05, 3.63) is 54.1 Å². The van der Waals surface area contributed by atoms with Gasteiger partial charge in [0.05, 0.1) is 23.7 Å². The SMILES string of the molecule is COC(=O)C1(c2ccc(-c3ccc(B4OC(C)(C)C(C)(C(C)C)O4)cc3)cc2)CC1. The van der Waals surface area contributed by atoms with E-state index in [0.717, 1.165) is 35.0 Å². The van der Waals surface area contributed by atoms with Crippen LogP contribution < -0.4 is 5.46 Å². The highest BCUT2D eigenvalue weighted by Crippen LogP contribution is 2.49. The van der Waals surface area contributed by atoms with Crippen molar-refractivity contribution in [3.8, 4) is 11.1 Å². The van der Waals surface area contributed by atoms with E-state index >= 15 is 0 Å². The fraction of sp³-hybridized carbons (Fsp3) is 0.480. The van der Waals surface area contributed by atoms with Crippen molar-refractivity contribution in [1.29, 1.82) is 0 Å². The Labute approximate surface area is 180 Å². The van der Waals surface area contributed by atoms with Crippen molar-refractivity contribution in [1.82, 2.24) is 0 Å². The minimum absolute atomic E-state index is 0.132. The molecule has 0 amide bonds. The average Bonchev–Trinajstić information content (AvgIpc) is 3.50. The van der Waals surface area contributed by atoms with Crippen LogP contribution >= 0.6 is 0 Å². The van der Waals surface area contributed by atoms with E-state index in [0.29, 0.717) is 5.92 Å². The molecule has 1 saturated carbocycles. The molecule has 30 heavy (non-hydrogen) atoms. The normalized spacial score (nSPS) is 24.2. The van der Waals surface area contributed by atoms with Crippen molar-refractivity contribution >= 4 is 18.6 Å². The van der Waals surface area contributed by atoms with Crippen LogP contribution in [0.3, 0.4) is 0 Å². The lowest BCUT2D eigenvalue weighted by molar-refractivity contribution is -0.143. The molecule has 1 aliphatic heterocycles. The predicted octanol–water partition coefficient (Wildman–Crippen LogP) is 4.49. The van der Waals surface area contributed by atoms with Gasteiger partial charge in [-0.2, -0.15) is 0 Å². The Balaban J connectivity index is 1.52. The van der Waals surface area contributed by atoms with Crippen LogP contribution in [0.15, 0.2) is 48.5 Å². The minimum Gasteiger partial charge on any atom is -0.468 e. The number of rotatable bonds is 5. The number of hydrogen-bond acceptors (Lipinski definition) is 4. The van der Waals surface area contributed by atoms with Gasteiger partial charge < -0.3 is 14.0 Å². The lowest BCUT2D eigenvalue weighted by atomic mass is 9.78. The molecule has 0 spiro atoms. The monoisotopic (exact) mass is 406 g/mol. The third-order valence-electron chi connectivity index (χ3n) is 7.33. The molecule has 1 heterocycles. The van der Waals surface area contributed by atoms with Crippen LogP contribution in [0.25, 0.3) is 11.1 Å². The maximum Gasteiger partial charge on any atom is 0.494 e. The van der Waals surface area contributed by atoms with Crippen LogP contribution in [0.4, 0.5) is 0 Å². The highest BCUT2D eigenvalue weighted by atomic mass is 16.7. The van der Waals surface area contributed by atoms with Crippen LogP contribution in [-0.2, 0) is 24.3 Å². The van der Waals surface area contributed by atoms with Gasteiger partial charge >= 0.3 is 13.1 Å². The van der Waals surface area contributed by atoms with Gasteiger partial charge in [-0.1, -0.05) is 62.4 Å². The fourth-order valence-electron chi connectivity index (χ4n) is 4.49. The Morgan fingerprint density at radius 3 is 1.90 bits per heavy atom. The Bertz CT molecular complexity index is 929. The number of carbonyl (C=O) groups excluding carboxylic acids is 1. The molecule has 0 radical (unpaired) electrons. The van der Waals surface area contributed by atoms with Crippen LogP contribution in [0.5, 0.6) is 0 Å². The smallest absolute Gasteiger partial charge is 0.468 e. The van der Waals surface area contributed by atoms with E-state index in [2.05, 4.69) is 71.0 Å². The van der Waals surface area contributed by atoms with Gasteiger partial charge in [-0.15, -0.1) is 0 Å². The molecule has 2 aromatic carbocycles. The van der Waals surface area contributed by atoms with Gasteiger partial charge in [-0.3, -0.25) is 4.79 Å². The maximum atomic E-state index is 12.1. The van der Waals surface area contributed by atoms with Crippen LogP contribution in [0, 0.1) is 5.92 Å². The highest BCUT2D eigenvalue weighted by Gasteiger charge is 2.56. The first-order valence-electron chi connectivity index (χ1n) is 10.8. The second-order valence-electron chi connectivity index (χ2n) is 9.61. The molecule has 4 rings (SSSR count). The van der Waals surface area contributed by atoms with Gasteiger partial charge in [0.25, 0.3) is 0 Å². The van der Waals surface area contributed by atoms with Crippen LogP contribution in [0.1, 0.15) is 53.0 Å². The summed E-state index contributed by atoms with van der Waals surface area (Å²) >= 11 is 0. The second kappa shape index (κ2) is 7.24. The van der Waals surface area contributed by atoms with Crippen LogP contribution in [0.2, 0.25) is 0 Å². The lowest BCUT2D eigenvalue weighted by Gasteiger charge is -2.39. The zero-order valence-corrected chi connectivity index (χ0v) is 18.8. The summed E-state index contributed by atoms with van der Waals surface area (Å²) in [7, 11) is 1.10. The summed E-state index contributed by atoms with van der Waals surface area (Å²) < 4.78 is 17.7. The highest BCUT2D eigenvalue weighted by molar-refractivity contribution is 6.62. The summed E-state index contributed by atoms with van der Waals surface area (Å²) in [6.07, 6.45) is 1.72. The third kappa shape index (κ3) is 3.29. The van der Waals surface area contributed by atoms with E-state index in [9.17, 15) is 4.79 Å². The average molecular weight is 406 g/mol. The zero-order chi connectivity index (χ0) is 21.7. The van der Waals surface area contributed by atoms with Crippen molar-refractivity contribution in [2.75, 3.05) is 7.11 Å². The minimum atomic E-state index is -0.426. The number of ether oxygens (including phenoxy) is 1.